The van der Waals surface area contributed by atoms with Gasteiger partial charge in [0.25, 0.3) is 17.8 Å². The van der Waals surface area contributed by atoms with Crippen LogP contribution in [0.1, 0.15) is 39.0 Å². The Hall–Kier alpha value is -1.43. The van der Waals surface area contributed by atoms with E-state index in [2.05, 4.69) is 11.9 Å². The van der Waals surface area contributed by atoms with Gasteiger partial charge in [0, 0.05) is 25.7 Å². The Kier molecular flexibility index (Phi) is 4.98. The molecule has 0 aromatic rings. The number of aliphatic imine (C=N–C) groups is 1. The zero-order valence-electron chi connectivity index (χ0n) is 12.8. The number of carbonyl (C=O) groups excluding carboxylic acids is 2. The second-order valence-electron chi connectivity index (χ2n) is 5.49. The molecule has 0 aromatic heterocycles. The summed E-state index contributed by atoms with van der Waals surface area (Å²) in [6.45, 7) is 2.86. The van der Waals surface area contributed by atoms with Crippen molar-refractivity contribution in [2.45, 2.75) is 45.1 Å². The topological polar surface area (TPSA) is 56.0 Å². The van der Waals surface area contributed by atoms with E-state index in [1.54, 1.807) is 11.6 Å². The SMILES string of the molecule is CCCCCCC[N+]1=C(Cl)N=C2C1C(=O)N(C)C(=O)N2C. The standard InChI is InChI=1S/C14H22ClN4O2/c1-4-5-6-7-8-9-19-10-11(16-13(19)15)17(2)14(21)18(3)12(10)20/h10H,4-9H2,1-3H3/q+1. The Balaban J connectivity index is 2.06. The van der Waals surface area contributed by atoms with Crippen LogP contribution >= 0.6 is 11.6 Å². The Morgan fingerprint density at radius 3 is 2.48 bits per heavy atom. The molecule has 0 spiro atoms. The second kappa shape index (κ2) is 6.56. The summed E-state index contributed by atoms with van der Waals surface area (Å²) in [5, 5.41) is 0.300. The van der Waals surface area contributed by atoms with Gasteiger partial charge in [0.1, 0.15) is 0 Å². The number of hydrogen-bond donors (Lipinski definition) is 0. The van der Waals surface area contributed by atoms with Gasteiger partial charge in [-0.15, -0.1) is 0 Å². The maximum absolute atomic E-state index is 12.3. The maximum atomic E-state index is 12.3. The van der Waals surface area contributed by atoms with E-state index in [0.717, 1.165) is 17.7 Å². The molecule has 116 valence electrons. The third-order valence-corrected chi connectivity index (χ3v) is 4.29. The Bertz CT molecular complexity index is 515. The Morgan fingerprint density at radius 1 is 1.14 bits per heavy atom. The predicted molar refractivity (Wildman–Crippen MR) is 81.9 cm³/mol. The molecule has 6 nitrogen and oxygen atoms in total. The second-order valence-corrected chi connectivity index (χ2v) is 5.83. The van der Waals surface area contributed by atoms with E-state index in [-0.39, 0.29) is 11.9 Å². The number of likely N-dealkylation sites (N-methyl/N-ethyl adjacent to an activating group) is 2. The summed E-state index contributed by atoms with van der Waals surface area (Å²) in [6.07, 6.45) is 5.68. The van der Waals surface area contributed by atoms with Crippen LogP contribution in [0.3, 0.4) is 0 Å². The average molecular weight is 314 g/mol. The van der Waals surface area contributed by atoms with Crippen LogP contribution in [-0.2, 0) is 4.79 Å². The quantitative estimate of drug-likeness (QED) is 0.427. The predicted octanol–water partition coefficient (Wildman–Crippen LogP) is 1.87. The van der Waals surface area contributed by atoms with Gasteiger partial charge in [-0.3, -0.25) is 14.6 Å². The van der Waals surface area contributed by atoms with E-state index in [9.17, 15) is 9.59 Å². The number of amidine groups is 2. The van der Waals surface area contributed by atoms with Crippen molar-refractivity contribution in [3.05, 3.63) is 0 Å². The first-order chi connectivity index (χ1) is 9.99. The van der Waals surface area contributed by atoms with Crippen molar-refractivity contribution in [3.8, 4) is 0 Å². The maximum Gasteiger partial charge on any atom is 0.394 e. The third-order valence-electron chi connectivity index (χ3n) is 3.98. The van der Waals surface area contributed by atoms with Gasteiger partial charge in [-0.2, -0.15) is 0 Å². The first kappa shape index (κ1) is 15.9. The van der Waals surface area contributed by atoms with Crippen LogP contribution in [0.5, 0.6) is 0 Å². The lowest BCUT2D eigenvalue weighted by atomic mass is 10.1. The number of rotatable bonds is 6. The highest BCUT2D eigenvalue weighted by atomic mass is 35.5. The van der Waals surface area contributed by atoms with Gasteiger partial charge >= 0.3 is 11.3 Å². The molecular formula is C14H22ClN4O2+. The van der Waals surface area contributed by atoms with Crippen molar-refractivity contribution in [2.75, 3.05) is 20.6 Å². The monoisotopic (exact) mass is 313 g/mol. The highest BCUT2D eigenvalue weighted by molar-refractivity contribution is 6.65. The van der Waals surface area contributed by atoms with E-state index in [1.165, 1.54) is 31.2 Å². The van der Waals surface area contributed by atoms with Crippen molar-refractivity contribution >= 4 is 34.7 Å². The minimum atomic E-state index is -0.559. The molecule has 0 bridgehead atoms. The normalized spacial score (nSPS) is 22.1. The number of carbonyl (C=O) groups is 2. The molecule has 2 heterocycles. The lowest BCUT2D eigenvalue weighted by molar-refractivity contribution is -0.533. The van der Waals surface area contributed by atoms with E-state index in [1.807, 2.05) is 0 Å². The summed E-state index contributed by atoms with van der Waals surface area (Å²) in [7, 11) is 3.11. The van der Waals surface area contributed by atoms with Gasteiger partial charge in [0.15, 0.2) is 0 Å². The van der Waals surface area contributed by atoms with Crippen LogP contribution in [0.4, 0.5) is 4.79 Å². The molecule has 0 N–H and O–H groups in total. The van der Waals surface area contributed by atoms with Crippen LogP contribution in [0.2, 0.25) is 0 Å². The summed E-state index contributed by atoms with van der Waals surface area (Å²) < 4.78 is 1.80. The van der Waals surface area contributed by atoms with Gasteiger partial charge in [-0.1, -0.05) is 26.2 Å². The number of urea groups is 1. The molecule has 0 aliphatic carbocycles. The molecule has 2 aliphatic heterocycles. The molecule has 0 aromatic carbocycles. The lowest BCUT2D eigenvalue weighted by Gasteiger charge is -2.30. The van der Waals surface area contributed by atoms with Crippen LogP contribution in [0, 0.1) is 0 Å². The zero-order valence-corrected chi connectivity index (χ0v) is 13.6. The number of unbranched alkanes of at least 4 members (excludes halogenated alkanes) is 4. The zero-order chi connectivity index (χ0) is 15.6. The highest BCUT2D eigenvalue weighted by Crippen LogP contribution is 2.20. The summed E-state index contributed by atoms with van der Waals surface area (Å²) in [5.74, 6) is 0.169. The van der Waals surface area contributed by atoms with Crippen LogP contribution in [-0.4, -0.2) is 64.1 Å². The van der Waals surface area contributed by atoms with Crippen molar-refractivity contribution in [1.82, 2.24) is 9.80 Å². The Labute approximate surface area is 130 Å². The summed E-state index contributed by atoms with van der Waals surface area (Å²) in [4.78, 5) is 31.0. The summed E-state index contributed by atoms with van der Waals surface area (Å²) >= 11 is 6.17. The molecule has 1 saturated heterocycles. The molecule has 0 saturated carbocycles. The minimum Gasteiger partial charge on any atom is -0.269 e. The van der Waals surface area contributed by atoms with Gasteiger partial charge in [-0.25, -0.2) is 9.37 Å². The largest absolute Gasteiger partial charge is 0.394 e. The van der Waals surface area contributed by atoms with Crippen LogP contribution in [0.15, 0.2) is 4.99 Å². The summed E-state index contributed by atoms with van der Waals surface area (Å²) in [5.41, 5.74) is 0. The van der Waals surface area contributed by atoms with Gasteiger partial charge < -0.3 is 0 Å². The van der Waals surface area contributed by atoms with Gasteiger partial charge in [-0.05, 0) is 17.8 Å². The fraction of sp³-hybridized carbons (Fsp3) is 0.714. The summed E-state index contributed by atoms with van der Waals surface area (Å²) in [6, 6.07) is -0.930. The van der Waals surface area contributed by atoms with Crippen LogP contribution < -0.4 is 0 Å². The molecule has 2 rings (SSSR count). The van der Waals surface area contributed by atoms with Crippen molar-refractivity contribution < 1.29 is 14.2 Å². The van der Waals surface area contributed by atoms with Crippen molar-refractivity contribution in [1.29, 1.82) is 0 Å². The molecule has 3 amide bonds. The number of hydrogen-bond acceptors (Lipinski definition) is 3. The molecule has 7 heteroatoms. The first-order valence-electron chi connectivity index (χ1n) is 7.42. The third kappa shape index (κ3) is 2.95. The molecule has 1 fully saturated rings. The molecule has 0 radical (unpaired) electrons. The van der Waals surface area contributed by atoms with Gasteiger partial charge in [0.2, 0.25) is 0 Å². The fourth-order valence-electron chi connectivity index (χ4n) is 2.68. The number of fused-ring (bicyclic) bond motifs is 1. The van der Waals surface area contributed by atoms with Crippen molar-refractivity contribution in [3.63, 3.8) is 0 Å². The Morgan fingerprint density at radius 2 is 1.81 bits per heavy atom. The molecule has 1 unspecified atom stereocenters. The smallest absolute Gasteiger partial charge is 0.269 e. The number of halogens is 1. The number of imide groups is 1. The first-order valence-corrected chi connectivity index (χ1v) is 7.79. The molecule has 1 atom stereocenters. The van der Waals surface area contributed by atoms with Crippen molar-refractivity contribution in [2.24, 2.45) is 4.99 Å². The lowest BCUT2D eigenvalue weighted by Crippen LogP contribution is -2.61. The van der Waals surface area contributed by atoms with E-state index >= 15 is 0 Å². The van der Waals surface area contributed by atoms with E-state index < -0.39 is 6.04 Å². The molecule has 2 aliphatic rings. The van der Waals surface area contributed by atoms with Crippen LogP contribution in [0.25, 0.3) is 0 Å². The highest BCUT2D eigenvalue weighted by Gasteiger charge is 2.52. The average Bonchev–Trinajstić information content (AvgIpc) is 2.80. The molecule has 21 heavy (non-hydrogen) atoms. The minimum absolute atomic E-state index is 0.263. The van der Waals surface area contributed by atoms with E-state index in [0.29, 0.717) is 17.7 Å². The molecular weight excluding hydrogens is 292 g/mol. The fourth-order valence-corrected chi connectivity index (χ4v) is 2.94. The van der Waals surface area contributed by atoms with Gasteiger partial charge in [0.05, 0.1) is 6.54 Å². The number of amides is 3. The number of nitrogens with zero attached hydrogens (tertiary/aromatic N) is 4. The van der Waals surface area contributed by atoms with E-state index in [4.69, 9.17) is 11.6 Å².